The molecule has 1 atom stereocenters. The van der Waals surface area contributed by atoms with E-state index in [1.54, 1.807) is 30.3 Å². The molecule has 33 heavy (non-hydrogen) atoms. The summed E-state index contributed by atoms with van der Waals surface area (Å²) in [4.78, 5) is 38.6. The molecule has 0 radical (unpaired) electrons. The Hall–Kier alpha value is -3.65. The molecule has 1 unspecified atom stereocenters. The smallest absolute Gasteiger partial charge is 0.308 e. The molecule has 0 saturated carbocycles. The van der Waals surface area contributed by atoms with Crippen LogP contribution in [0.4, 0.5) is 0 Å². The van der Waals surface area contributed by atoms with Crippen molar-refractivity contribution in [3.63, 3.8) is 0 Å². The molecule has 8 nitrogen and oxygen atoms in total. The number of ketones is 1. The largest absolute Gasteiger partial charge is 0.507 e. The van der Waals surface area contributed by atoms with Gasteiger partial charge in [-0.1, -0.05) is 18.2 Å². The number of aliphatic hydroxyl groups is 1. The third kappa shape index (κ3) is 4.75. The quantitative estimate of drug-likeness (QED) is 0.226. The molecule has 1 N–H and O–H groups in total. The van der Waals surface area contributed by atoms with Gasteiger partial charge in [0, 0.05) is 20.6 Å². The van der Waals surface area contributed by atoms with Gasteiger partial charge in [0.2, 0.25) is 0 Å². The number of carbonyl (C=O) groups excluding carboxylic acids is 3. The molecule has 1 aliphatic rings. The first-order chi connectivity index (χ1) is 15.7. The SMILES string of the molecule is COCCN1C(=O)C(=O)/C(=C(/O)c2cc(C)cc(C)c2OC)C1c1ccc(OC(C)=O)cc1. The maximum atomic E-state index is 13.1. The number of esters is 1. The predicted octanol–water partition coefficient (Wildman–Crippen LogP) is 3.31. The second-order valence-corrected chi connectivity index (χ2v) is 7.81. The van der Waals surface area contributed by atoms with E-state index in [-0.39, 0.29) is 24.5 Å². The second-order valence-electron chi connectivity index (χ2n) is 7.81. The Kier molecular flexibility index (Phi) is 7.18. The number of carbonyl (C=O) groups is 3. The van der Waals surface area contributed by atoms with Crippen molar-refractivity contribution < 1.29 is 33.7 Å². The lowest BCUT2D eigenvalue weighted by Crippen LogP contribution is -2.32. The zero-order valence-electron chi connectivity index (χ0n) is 19.3. The normalized spacial score (nSPS) is 17.4. The fourth-order valence-electron chi connectivity index (χ4n) is 4.08. The van der Waals surface area contributed by atoms with Crippen LogP contribution in [0.3, 0.4) is 0 Å². The first-order valence-electron chi connectivity index (χ1n) is 10.4. The number of methoxy groups -OCH3 is 2. The Balaban J connectivity index is 2.20. The van der Waals surface area contributed by atoms with E-state index in [1.165, 1.54) is 26.0 Å². The molecular weight excluding hydrogens is 426 g/mol. The molecule has 0 bridgehead atoms. The zero-order chi connectivity index (χ0) is 24.3. The van der Waals surface area contributed by atoms with Crippen LogP contribution in [0.15, 0.2) is 42.0 Å². The van der Waals surface area contributed by atoms with Gasteiger partial charge in [0.25, 0.3) is 11.7 Å². The number of nitrogens with zero attached hydrogens (tertiary/aromatic N) is 1. The van der Waals surface area contributed by atoms with E-state index in [9.17, 15) is 19.5 Å². The highest BCUT2D eigenvalue weighted by atomic mass is 16.5. The third-order valence-electron chi connectivity index (χ3n) is 5.41. The Morgan fingerprint density at radius 2 is 1.76 bits per heavy atom. The lowest BCUT2D eigenvalue weighted by atomic mass is 9.93. The van der Waals surface area contributed by atoms with E-state index < -0.39 is 23.7 Å². The summed E-state index contributed by atoms with van der Waals surface area (Å²) in [6.45, 7) is 5.36. The van der Waals surface area contributed by atoms with Gasteiger partial charge in [-0.15, -0.1) is 0 Å². The summed E-state index contributed by atoms with van der Waals surface area (Å²) in [5.74, 6) is -1.55. The van der Waals surface area contributed by atoms with Gasteiger partial charge in [-0.2, -0.15) is 0 Å². The Morgan fingerprint density at radius 1 is 1.09 bits per heavy atom. The number of Topliss-reactive ketones (excluding diaryl/α,β-unsaturated/α-hetero) is 1. The molecule has 2 aromatic rings. The summed E-state index contributed by atoms with van der Waals surface area (Å²) in [5, 5.41) is 11.3. The van der Waals surface area contributed by atoms with Crippen molar-refractivity contribution in [1.29, 1.82) is 0 Å². The van der Waals surface area contributed by atoms with Crippen molar-refractivity contribution >= 4 is 23.4 Å². The van der Waals surface area contributed by atoms with Crippen molar-refractivity contribution in [1.82, 2.24) is 4.90 Å². The number of likely N-dealkylation sites (tertiary alicyclic amines) is 1. The van der Waals surface area contributed by atoms with Crippen LogP contribution in [-0.4, -0.2) is 55.0 Å². The second kappa shape index (κ2) is 9.87. The minimum Gasteiger partial charge on any atom is -0.507 e. The van der Waals surface area contributed by atoms with Gasteiger partial charge in [-0.25, -0.2) is 0 Å². The summed E-state index contributed by atoms with van der Waals surface area (Å²) < 4.78 is 15.7. The van der Waals surface area contributed by atoms with E-state index in [0.29, 0.717) is 22.6 Å². The number of aryl methyl sites for hydroxylation is 2. The monoisotopic (exact) mass is 453 g/mol. The highest BCUT2D eigenvalue weighted by Gasteiger charge is 2.46. The molecule has 1 fully saturated rings. The molecule has 0 aromatic heterocycles. The highest BCUT2D eigenvalue weighted by molar-refractivity contribution is 6.46. The van der Waals surface area contributed by atoms with Crippen molar-refractivity contribution in [2.24, 2.45) is 0 Å². The van der Waals surface area contributed by atoms with Gasteiger partial charge in [-0.05, 0) is 48.7 Å². The van der Waals surface area contributed by atoms with Gasteiger partial charge in [-0.3, -0.25) is 14.4 Å². The number of ether oxygens (including phenoxy) is 3. The number of hydrogen-bond acceptors (Lipinski definition) is 7. The number of benzene rings is 2. The van der Waals surface area contributed by atoms with Crippen molar-refractivity contribution in [3.8, 4) is 11.5 Å². The summed E-state index contributed by atoms with van der Waals surface area (Å²) in [6, 6.07) is 9.22. The average Bonchev–Trinajstić information content (AvgIpc) is 3.01. The van der Waals surface area contributed by atoms with E-state index in [2.05, 4.69) is 0 Å². The number of aliphatic hydroxyl groups excluding tert-OH is 1. The fourth-order valence-corrected chi connectivity index (χ4v) is 4.08. The van der Waals surface area contributed by atoms with Gasteiger partial charge >= 0.3 is 5.97 Å². The van der Waals surface area contributed by atoms with Crippen LogP contribution in [-0.2, 0) is 19.1 Å². The molecule has 3 rings (SSSR count). The lowest BCUT2D eigenvalue weighted by Gasteiger charge is -2.25. The summed E-state index contributed by atoms with van der Waals surface area (Å²) in [6.07, 6.45) is 0. The Bertz CT molecular complexity index is 1120. The molecule has 0 aliphatic carbocycles. The molecule has 174 valence electrons. The first kappa shape index (κ1) is 24.0. The van der Waals surface area contributed by atoms with Gasteiger partial charge in [0.05, 0.1) is 30.9 Å². The molecule has 1 heterocycles. The van der Waals surface area contributed by atoms with Crippen LogP contribution in [0.2, 0.25) is 0 Å². The van der Waals surface area contributed by atoms with E-state index >= 15 is 0 Å². The predicted molar refractivity (Wildman–Crippen MR) is 121 cm³/mol. The first-order valence-corrected chi connectivity index (χ1v) is 10.4. The van der Waals surface area contributed by atoms with Crippen LogP contribution >= 0.6 is 0 Å². The molecular formula is C25H27NO7. The summed E-state index contributed by atoms with van der Waals surface area (Å²) in [5.41, 5.74) is 2.52. The minimum atomic E-state index is -0.850. The van der Waals surface area contributed by atoms with Crippen molar-refractivity contribution in [3.05, 3.63) is 64.2 Å². The topological polar surface area (TPSA) is 102 Å². The molecule has 0 spiro atoms. The van der Waals surface area contributed by atoms with Crippen LogP contribution in [0, 0.1) is 13.8 Å². The Labute approximate surface area is 192 Å². The third-order valence-corrected chi connectivity index (χ3v) is 5.41. The highest BCUT2D eigenvalue weighted by Crippen LogP contribution is 2.42. The lowest BCUT2D eigenvalue weighted by molar-refractivity contribution is -0.140. The number of rotatable bonds is 7. The van der Waals surface area contributed by atoms with Crippen LogP contribution in [0.25, 0.3) is 5.76 Å². The van der Waals surface area contributed by atoms with Crippen LogP contribution in [0.5, 0.6) is 11.5 Å². The maximum absolute atomic E-state index is 13.1. The molecule has 1 aliphatic heterocycles. The minimum absolute atomic E-state index is 0.0420. The summed E-state index contributed by atoms with van der Waals surface area (Å²) in [7, 11) is 2.98. The van der Waals surface area contributed by atoms with Crippen LogP contribution in [0.1, 0.15) is 35.2 Å². The van der Waals surface area contributed by atoms with Gasteiger partial charge < -0.3 is 24.2 Å². The van der Waals surface area contributed by atoms with Crippen LogP contribution < -0.4 is 9.47 Å². The molecule has 1 saturated heterocycles. The van der Waals surface area contributed by atoms with Gasteiger partial charge in [0.15, 0.2) is 0 Å². The van der Waals surface area contributed by atoms with E-state index in [1.807, 2.05) is 19.9 Å². The maximum Gasteiger partial charge on any atom is 0.308 e. The number of hydrogen-bond donors (Lipinski definition) is 1. The van der Waals surface area contributed by atoms with E-state index in [0.717, 1.165) is 11.1 Å². The van der Waals surface area contributed by atoms with Crippen molar-refractivity contribution in [2.45, 2.75) is 26.8 Å². The molecule has 8 heteroatoms. The summed E-state index contributed by atoms with van der Waals surface area (Å²) >= 11 is 0. The standard InChI is InChI=1S/C25H27NO7/c1-14-12-15(2)24(32-5)19(13-14)22(28)20-21(26(10-11-31-4)25(30)23(20)29)17-6-8-18(9-7-17)33-16(3)27/h6-9,12-13,21,28H,10-11H2,1-5H3/b22-20+. The average molecular weight is 453 g/mol. The van der Waals surface area contributed by atoms with Crippen molar-refractivity contribution in [2.75, 3.05) is 27.4 Å². The van der Waals surface area contributed by atoms with Gasteiger partial charge in [0.1, 0.15) is 17.3 Å². The zero-order valence-corrected chi connectivity index (χ0v) is 19.3. The fraction of sp³-hybridized carbons (Fsp3) is 0.320. The number of amides is 1. The van der Waals surface area contributed by atoms with E-state index in [4.69, 9.17) is 14.2 Å². The molecule has 1 amide bonds. The Morgan fingerprint density at radius 3 is 2.33 bits per heavy atom. The molecule has 2 aromatic carbocycles.